The van der Waals surface area contributed by atoms with Gasteiger partial charge in [0.1, 0.15) is 0 Å². The zero-order valence-corrected chi connectivity index (χ0v) is 12.1. The zero-order chi connectivity index (χ0) is 14.3. The molecule has 1 N–H and O–H groups in total. The Morgan fingerprint density at radius 1 is 1.26 bits per heavy atom. The number of sulfonamides is 1. The maximum absolute atomic E-state index is 12.4. The minimum atomic E-state index is -3.54. The molecule has 0 bridgehead atoms. The summed E-state index contributed by atoms with van der Waals surface area (Å²) in [6, 6.07) is 6.72. The highest BCUT2D eigenvalue weighted by atomic mass is 32.2. The Morgan fingerprint density at radius 2 is 1.89 bits per heavy atom. The van der Waals surface area contributed by atoms with Crippen molar-refractivity contribution in [2.24, 2.45) is 0 Å². The van der Waals surface area contributed by atoms with Crippen molar-refractivity contribution in [3.05, 3.63) is 29.8 Å². The Labute approximate surface area is 115 Å². The normalized spacial score (nSPS) is 11.2. The molecule has 0 spiro atoms. The van der Waals surface area contributed by atoms with Crippen molar-refractivity contribution in [1.29, 1.82) is 0 Å². The van der Waals surface area contributed by atoms with Crippen molar-refractivity contribution < 1.29 is 13.5 Å². The molecule has 0 aliphatic heterocycles. The van der Waals surface area contributed by atoms with Gasteiger partial charge in [-0.25, -0.2) is 8.42 Å². The second kappa shape index (κ2) is 7.29. The molecule has 0 unspecified atom stereocenters. The fourth-order valence-electron chi connectivity index (χ4n) is 1.56. The molecule has 1 aromatic rings. The molecule has 5 heteroatoms. The fourth-order valence-corrected chi connectivity index (χ4v) is 2.94. The van der Waals surface area contributed by atoms with Crippen LogP contribution >= 0.6 is 0 Å². The average Bonchev–Trinajstić information content (AvgIpc) is 2.39. The van der Waals surface area contributed by atoms with E-state index in [-0.39, 0.29) is 24.6 Å². The molecule has 0 aromatic heterocycles. The van der Waals surface area contributed by atoms with E-state index in [1.807, 2.05) is 6.92 Å². The first kappa shape index (κ1) is 15.7. The lowest BCUT2D eigenvalue weighted by atomic mass is 10.2. The average molecular weight is 281 g/mol. The molecule has 1 aromatic carbocycles. The van der Waals surface area contributed by atoms with Crippen LogP contribution in [0.4, 0.5) is 0 Å². The molecule has 1 rings (SSSR count). The Morgan fingerprint density at radius 3 is 2.42 bits per heavy atom. The quantitative estimate of drug-likeness (QED) is 0.802. The van der Waals surface area contributed by atoms with Crippen LogP contribution in [0.3, 0.4) is 0 Å². The highest BCUT2D eigenvalue weighted by molar-refractivity contribution is 7.89. The van der Waals surface area contributed by atoms with Gasteiger partial charge in [0.2, 0.25) is 10.0 Å². The number of aliphatic hydroxyl groups is 1. The standard InChI is InChI=1S/C14H19NO3S/c1-3-4-10-15(11-5-12-16)19(17,18)14-8-6-13(2)7-9-14/h6-9,16H,5,10-12H2,1-2H3. The molecule has 0 heterocycles. The third kappa shape index (κ3) is 4.35. The van der Waals surface area contributed by atoms with Crippen LogP contribution in [0.1, 0.15) is 18.9 Å². The van der Waals surface area contributed by atoms with E-state index in [2.05, 4.69) is 11.8 Å². The van der Waals surface area contributed by atoms with Gasteiger partial charge in [0.15, 0.2) is 0 Å². The van der Waals surface area contributed by atoms with Crippen LogP contribution in [0.2, 0.25) is 0 Å². The first-order chi connectivity index (χ1) is 9.02. The lowest BCUT2D eigenvalue weighted by molar-refractivity contribution is 0.273. The van der Waals surface area contributed by atoms with Crippen molar-refractivity contribution in [3.63, 3.8) is 0 Å². The van der Waals surface area contributed by atoms with E-state index in [1.165, 1.54) is 4.31 Å². The van der Waals surface area contributed by atoms with Gasteiger partial charge in [-0.3, -0.25) is 0 Å². The van der Waals surface area contributed by atoms with Crippen LogP contribution in [0.25, 0.3) is 0 Å². The van der Waals surface area contributed by atoms with E-state index in [1.54, 1.807) is 31.2 Å². The van der Waals surface area contributed by atoms with Crippen molar-refractivity contribution >= 4 is 10.0 Å². The van der Waals surface area contributed by atoms with E-state index >= 15 is 0 Å². The molecule has 0 radical (unpaired) electrons. The van der Waals surface area contributed by atoms with Gasteiger partial charge in [0.05, 0.1) is 11.4 Å². The minimum Gasteiger partial charge on any atom is -0.396 e. The molecule has 0 aliphatic carbocycles. The largest absolute Gasteiger partial charge is 0.396 e. The van der Waals surface area contributed by atoms with Crippen LogP contribution in [0.15, 0.2) is 29.2 Å². The number of nitrogens with zero attached hydrogens (tertiary/aromatic N) is 1. The number of hydrogen-bond donors (Lipinski definition) is 1. The van der Waals surface area contributed by atoms with Crippen molar-refractivity contribution in [1.82, 2.24) is 4.31 Å². The summed E-state index contributed by atoms with van der Waals surface area (Å²) < 4.78 is 26.2. The van der Waals surface area contributed by atoms with Gasteiger partial charge in [0, 0.05) is 13.2 Å². The summed E-state index contributed by atoms with van der Waals surface area (Å²) in [5.74, 6) is 5.45. The van der Waals surface area contributed by atoms with Gasteiger partial charge in [-0.05, 0) is 32.4 Å². The third-order valence-electron chi connectivity index (χ3n) is 2.66. The molecular weight excluding hydrogens is 262 g/mol. The lowest BCUT2D eigenvalue weighted by Gasteiger charge is -2.19. The highest BCUT2D eigenvalue weighted by Crippen LogP contribution is 2.16. The molecule has 19 heavy (non-hydrogen) atoms. The molecule has 0 aliphatic rings. The number of aliphatic hydroxyl groups excluding tert-OH is 1. The number of hydrogen-bond acceptors (Lipinski definition) is 3. The van der Waals surface area contributed by atoms with Gasteiger partial charge in [-0.2, -0.15) is 4.31 Å². The monoisotopic (exact) mass is 281 g/mol. The van der Waals surface area contributed by atoms with Crippen LogP contribution < -0.4 is 0 Å². The molecule has 104 valence electrons. The summed E-state index contributed by atoms with van der Waals surface area (Å²) in [6.07, 6.45) is 0.399. The lowest BCUT2D eigenvalue weighted by Crippen LogP contribution is -2.33. The maximum atomic E-state index is 12.4. The maximum Gasteiger partial charge on any atom is 0.243 e. The Kier molecular flexibility index (Phi) is 6.03. The number of aryl methyl sites for hydroxylation is 1. The molecule has 4 nitrogen and oxygen atoms in total. The molecule has 0 fully saturated rings. The third-order valence-corrected chi connectivity index (χ3v) is 4.52. The SMILES string of the molecule is CC#CCN(CCCO)S(=O)(=O)c1ccc(C)cc1. The fraction of sp³-hybridized carbons (Fsp3) is 0.429. The Bertz CT molecular complexity index is 553. The molecule has 0 amide bonds. The summed E-state index contributed by atoms with van der Waals surface area (Å²) in [6.45, 7) is 3.94. The summed E-state index contributed by atoms with van der Waals surface area (Å²) in [7, 11) is -3.54. The summed E-state index contributed by atoms with van der Waals surface area (Å²) in [5.41, 5.74) is 1.01. The van der Waals surface area contributed by atoms with E-state index in [9.17, 15) is 8.42 Å². The minimum absolute atomic E-state index is 0.0422. The first-order valence-corrected chi connectivity index (χ1v) is 7.53. The summed E-state index contributed by atoms with van der Waals surface area (Å²) in [4.78, 5) is 0.258. The van der Waals surface area contributed by atoms with E-state index in [0.717, 1.165) is 5.56 Å². The van der Waals surface area contributed by atoms with Gasteiger partial charge >= 0.3 is 0 Å². The molecule has 0 saturated carbocycles. The summed E-state index contributed by atoms with van der Waals surface area (Å²) in [5, 5.41) is 8.86. The van der Waals surface area contributed by atoms with Gasteiger partial charge in [0.25, 0.3) is 0 Å². The van der Waals surface area contributed by atoms with Gasteiger partial charge in [-0.1, -0.05) is 23.6 Å². The van der Waals surface area contributed by atoms with E-state index in [4.69, 9.17) is 5.11 Å². The van der Waals surface area contributed by atoms with E-state index in [0.29, 0.717) is 6.42 Å². The van der Waals surface area contributed by atoms with E-state index < -0.39 is 10.0 Å². The number of rotatable bonds is 6. The Hall–Kier alpha value is -1.35. The summed E-state index contributed by atoms with van der Waals surface area (Å²) >= 11 is 0. The Balaban J connectivity index is 3.02. The topological polar surface area (TPSA) is 57.6 Å². The highest BCUT2D eigenvalue weighted by Gasteiger charge is 2.22. The first-order valence-electron chi connectivity index (χ1n) is 6.09. The molecule has 0 atom stereocenters. The van der Waals surface area contributed by atoms with Crippen molar-refractivity contribution in [3.8, 4) is 11.8 Å². The smallest absolute Gasteiger partial charge is 0.243 e. The second-order valence-corrected chi connectivity index (χ2v) is 6.09. The zero-order valence-electron chi connectivity index (χ0n) is 11.3. The van der Waals surface area contributed by atoms with Gasteiger partial charge in [-0.15, -0.1) is 5.92 Å². The van der Waals surface area contributed by atoms with Crippen molar-refractivity contribution in [2.45, 2.75) is 25.2 Å². The van der Waals surface area contributed by atoms with Crippen LogP contribution in [0, 0.1) is 18.8 Å². The number of benzene rings is 1. The molecular formula is C14H19NO3S. The van der Waals surface area contributed by atoms with Crippen molar-refractivity contribution in [2.75, 3.05) is 19.7 Å². The predicted molar refractivity (Wildman–Crippen MR) is 75.1 cm³/mol. The van der Waals surface area contributed by atoms with Crippen LogP contribution in [-0.4, -0.2) is 37.5 Å². The molecule has 0 saturated heterocycles. The van der Waals surface area contributed by atoms with Gasteiger partial charge < -0.3 is 5.11 Å². The second-order valence-electron chi connectivity index (χ2n) is 4.16. The van der Waals surface area contributed by atoms with Crippen LogP contribution in [0.5, 0.6) is 0 Å². The van der Waals surface area contributed by atoms with Crippen LogP contribution in [-0.2, 0) is 10.0 Å². The predicted octanol–water partition coefficient (Wildman–Crippen LogP) is 1.39.